The lowest BCUT2D eigenvalue weighted by Crippen LogP contribution is -1.96. The van der Waals surface area contributed by atoms with Crippen molar-refractivity contribution in [3.63, 3.8) is 0 Å². The summed E-state index contributed by atoms with van der Waals surface area (Å²) in [5.41, 5.74) is 0.523. The number of hydrogen-bond donors (Lipinski definition) is 1. The molecule has 78 valence electrons. The second kappa shape index (κ2) is 5.64. The average Bonchev–Trinajstić information content (AvgIpc) is 2.17. The lowest BCUT2D eigenvalue weighted by molar-refractivity contribution is -0.136. The Kier molecular flexibility index (Phi) is 4.47. The number of thioether (sulfide) groups is 1. The Hall–Kier alpha value is -1.18. The van der Waals surface area contributed by atoms with E-state index in [1.165, 1.54) is 11.8 Å². The third-order valence-electron chi connectivity index (χ3n) is 1.64. The van der Waals surface area contributed by atoms with Crippen molar-refractivity contribution in [2.24, 2.45) is 0 Å². The summed E-state index contributed by atoms with van der Waals surface area (Å²) < 4.78 is 0. The van der Waals surface area contributed by atoms with Crippen LogP contribution in [0.5, 0.6) is 0 Å². The molecule has 1 N–H and O–H groups in total. The van der Waals surface area contributed by atoms with E-state index in [9.17, 15) is 4.79 Å². The Morgan fingerprint density at radius 2 is 2.33 bits per heavy atom. The van der Waals surface area contributed by atoms with Gasteiger partial charge in [-0.15, -0.1) is 11.8 Å². The van der Waals surface area contributed by atoms with Gasteiger partial charge in [0.25, 0.3) is 0 Å². The average molecular weight is 242 g/mol. The van der Waals surface area contributed by atoms with Crippen LogP contribution in [0.25, 0.3) is 0 Å². The van der Waals surface area contributed by atoms with Crippen molar-refractivity contribution in [3.8, 4) is 6.07 Å². The third-order valence-corrected chi connectivity index (χ3v) is 2.93. The second-order valence-electron chi connectivity index (χ2n) is 2.74. The van der Waals surface area contributed by atoms with Crippen LogP contribution in [0.1, 0.15) is 12.0 Å². The number of nitriles is 1. The summed E-state index contributed by atoms with van der Waals surface area (Å²) in [6.45, 7) is 0. The van der Waals surface area contributed by atoms with Crippen LogP contribution in [-0.4, -0.2) is 16.8 Å². The van der Waals surface area contributed by atoms with Crippen molar-refractivity contribution in [1.82, 2.24) is 0 Å². The Morgan fingerprint density at radius 1 is 1.60 bits per heavy atom. The summed E-state index contributed by atoms with van der Waals surface area (Å²) >= 11 is 7.10. The van der Waals surface area contributed by atoms with E-state index in [-0.39, 0.29) is 6.42 Å². The zero-order valence-electron chi connectivity index (χ0n) is 7.74. The minimum Gasteiger partial charge on any atom is -0.481 e. The predicted molar refractivity (Wildman–Crippen MR) is 59.1 cm³/mol. The highest BCUT2D eigenvalue weighted by molar-refractivity contribution is 7.99. The molecule has 0 aromatic heterocycles. The van der Waals surface area contributed by atoms with Crippen molar-refractivity contribution in [2.75, 3.05) is 5.75 Å². The molecule has 1 rings (SSSR count). The fraction of sp³-hybridized carbons (Fsp3) is 0.200. The number of carboxylic acids is 1. The van der Waals surface area contributed by atoms with Gasteiger partial charge in [0.1, 0.15) is 6.07 Å². The number of carboxylic acid groups (broad SMARTS) is 1. The van der Waals surface area contributed by atoms with Crippen molar-refractivity contribution >= 4 is 29.3 Å². The predicted octanol–water partition coefficient (Wildman–Crippen LogP) is 2.78. The minimum atomic E-state index is -0.844. The number of halogens is 1. The molecule has 0 saturated carbocycles. The van der Waals surface area contributed by atoms with Gasteiger partial charge in [-0.3, -0.25) is 4.79 Å². The first-order valence-electron chi connectivity index (χ1n) is 4.17. The highest BCUT2D eigenvalue weighted by Gasteiger charge is 2.05. The summed E-state index contributed by atoms with van der Waals surface area (Å²) in [6, 6.07) is 6.98. The van der Waals surface area contributed by atoms with E-state index in [0.717, 1.165) is 4.90 Å². The maximum absolute atomic E-state index is 10.3. The highest BCUT2D eigenvalue weighted by atomic mass is 35.5. The monoisotopic (exact) mass is 241 g/mol. The molecule has 0 aliphatic heterocycles. The van der Waals surface area contributed by atoms with Gasteiger partial charge in [0.15, 0.2) is 0 Å². The Morgan fingerprint density at radius 3 is 2.93 bits per heavy atom. The van der Waals surface area contributed by atoms with Crippen LogP contribution >= 0.6 is 23.4 Å². The molecule has 0 aliphatic rings. The third kappa shape index (κ3) is 3.82. The summed E-state index contributed by atoms with van der Waals surface area (Å²) in [7, 11) is 0. The van der Waals surface area contributed by atoms with Gasteiger partial charge in [-0.25, -0.2) is 0 Å². The van der Waals surface area contributed by atoms with Gasteiger partial charge in [0.2, 0.25) is 0 Å². The molecule has 0 bridgehead atoms. The maximum atomic E-state index is 10.3. The topological polar surface area (TPSA) is 61.1 Å². The maximum Gasteiger partial charge on any atom is 0.304 e. The molecule has 0 fully saturated rings. The van der Waals surface area contributed by atoms with E-state index in [0.29, 0.717) is 16.3 Å². The zero-order chi connectivity index (χ0) is 11.3. The van der Waals surface area contributed by atoms with Gasteiger partial charge in [0, 0.05) is 15.7 Å². The number of hydrogen-bond acceptors (Lipinski definition) is 3. The van der Waals surface area contributed by atoms with Crippen LogP contribution in [0, 0.1) is 11.3 Å². The summed E-state index contributed by atoms with van der Waals surface area (Å²) in [4.78, 5) is 11.0. The Bertz CT molecular complexity index is 414. The van der Waals surface area contributed by atoms with Gasteiger partial charge in [-0.1, -0.05) is 11.6 Å². The van der Waals surface area contributed by atoms with Crippen LogP contribution in [0.15, 0.2) is 23.1 Å². The Balaban J connectivity index is 2.71. The van der Waals surface area contributed by atoms with Crippen LogP contribution < -0.4 is 0 Å². The van der Waals surface area contributed by atoms with E-state index in [1.807, 2.05) is 6.07 Å². The standard InChI is InChI=1S/C10H8ClNO2S/c11-8-2-1-7(6-12)9(5-8)15-4-3-10(13)14/h1-2,5H,3-4H2,(H,13,14). The van der Waals surface area contributed by atoms with Gasteiger partial charge < -0.3 is 5.11 Å². The summed E-state index contributed by atoms with van der Waals surface area (Å²) in [5.74, 6) is -0.410. The zero-order valence-corrected chi connectivity index (χ0v) is 9.31. The van der Waals surface area contributed by atoms with Crippen LogP contribution in [0.3, 0.4) is 0 Å². The number of aliphatic carboxylic acids is 1. The van der Waals surface area contributed by atoms with E-state index < -0.39 is 5.97 Å². The number of nitrogens with zero attached hydrogens (tertiary/aromatic N) is 1. The van der Waals surface area contributed by atoms with Crippen molar-refractivity contribution < 1.29 is 9.90 Å². The highest BCUT2D eigenvalue weighted by Crippen LogP contribution is 2.26. The first-order chi connectivity index (χ1) is 7.13. The largest absolute Gasteiger partial charge is 0.481 e. The van der Waals surface area contributed by atoms with E-state index >= 15 is 0 Å². The molecule has 0 atom stereocenters. The molecular weight excluding hydrogens is 234 g/mol. The van der Waals surface area contributed by atoms with Gasteiger partial charge in [-0.2, -0.15) is 5.26 Å². The van der Waals surface area contributed by atoms with E-state index in [2.05, 4.69) is 0 Å². The fourth-order valence-electron chi connectivity index (χ4n) is 0.956. The molecule has 1 aromatic carbocycles. The quantitative estimate of drug-likeness (QED) is 0.824. The lowest BCUT2D eigenvalue weighted by atomic mass is 10.2. The minimum absolute atomic E-state index is 0.0715. The number of rotatable bonds is 4. The molecule has 0 radical (unpaired) electrons. The van der Waals surface area contributed by atoms with E-state index in [4.69, 9.17) is 22.0 Å². The molecule has 1 aromatic rings. The molecule has 0 heterocycles. The Labute approximate surface area is 96.7 Å². The molecule has 0 amide bonds. The van der Waals surface area contributed by atoms with Crippen LogP contribution in [0.4, 0.5) is 0 Å². The molecule has 0 spiro atoms. The van der Waals surface area contributed by atoms with Crippen LogP contribution in [-0.2, 0) is 4.79 Å². The second-order valence-corrected chi connectivity index (χ2v) is 4.32. The molecule has 3 nitrogen and oxygen atoms in total. The van der Waals surface area contributed by atoms with E-state index in [1.54, 1.807) is 18.2 Å². The van der Waals surface area contributed by atoms with Crippen LogP contribution in [0.2, 0.25) is 5.02 Å². The SMILES string of the molecule is N#Cc1ccc(Cl)cc1SCCC(=O)O. The molecule has 0 aliphatic carbocycles. The summed E-state index contributed by atoms with van der Waals surface area (Å²) in [5, 5.41) is 17.8. The molecule has 5 heteroatoms. The first kappa shape index (κ1) is 11.9. The first-order valence-corrected chi connectivity index (χ1v) is 5.54. The molecule has 15 heavy (non-hydrogen) atoms. The fourth-order valence-corrected chi connectivity index (χ4v) is 2.17. The van der Waals surface area contributed by atoms with Crippen molar-refractivity contribution in [1.29, 1.82) is 5.26 Å². The molecular formula is C10H8ClNO2S. The van der Waals surface area contributed by atoms with Gasteiger partial charge in [-0.05, 0) is 18.2 Å². The number of carbonyl (C=O) groups is 1. The smallest absolute Gasteiger partial charge is 0.304 e. The molecule has 0 unspecified atom stereocenters. The normalized spacial score (nSPS) is 9.60. The lowest BCUT2D eigenvalue weighted by Gasteiger charge is -2.02. The molecule has 0 saturated heterocycles. The van der Waals surface area contributed by atoms with Crippen molar-refractivity contribution in [3.05, 3.63) is 28.8 Å². The van der Waals surface area contributed by atoms with Crippen molar-refractivity contribution in [2.45, 2.75) is 11.3 Å². The van der Waals surface area contributed by atoms with Gasteiger partial charge in [0.05, 0.1) is 12.0 Å². The van der Waals surface area contributed by atoms with Gasteiger partial charge >= 0.3 is 5.97 Å². The summed E-state index contributed by atoms with van der Waals surface area (Å²) in [6.07, 6.45) is 0.0715. The number of benzene rings is 1.